The monoisotopic (exact) mass is 230 g/mol. The van der Waals surface area contributed by atoms with Crippen LogP contribution in [0.15, 0.2) is 24.4 Å². The highest BCUT2D eigenvalue weighted by atomic mass is 15.2. The fraction of sp³-hybridized carbons (Fsp3) is 0.538. The Balaban J connectivity index is 1.85. The summed E-state index contributed by atoms with van der Waals surface area (Å²) in [5, 5.41) is 8.60. The fourth-order valence-electron chi connectivity index (χ4n) is 2.65. The van der Waals surface area contributed by atoms with Gasteiger partial charge in [0.2, 0.25) is 0 Å². The number of rotatable bonds is 2. The van der Waals surface area contributed by atoms with E-state index in [-0.39, 0.29) is 0 Å². The van der Waals surface area contributed by atoms with Crippen LogP contribution in [-0.2, 0) is 0 Å². The largest absolute Gasteiger partial charge is 0.304 e. The summed E-state index contributed by atoms with van der Waals surface area (Å²) in [7, 11) is 0. The summed E-state index contributed by atoms with van der Waals surface area (Å²) in [5.74, 6) is 1.70. The summed E-state index contributed by atoms with van der Waals surface area (Å²) in [4.78, 5) is 2.50. The number of hydrogen-bond donors (Lipinski definition) is 0. The molecule has 0 atom stereocenters. The van der Waals surface area contributed by atoms with Crippen LogP contribution in [-0.4, -0.2) is 39.1 Å². The predicted octanol–water partition coefficient (Wildman–Crippen LogP) is 1.93. The first-order valence-corrected chi connectivity index (χ1v) is 6.40. The van der Waals surface area contributed by atoms with Gasteiger partial charge in [-0.25, -0.2) is 0 Å². The van der Waals surface area contributed by atoms with Gasteiger partial charge in [0.25, 0.3) is 0 Å². The number of hydrogen-bond acceptors (Lipinski definition) is 3. The fourth-order valence-corrected chi connectivity index (χ4v) is 2.65. The lowest BCUT2D eigenvalue weighted by Gasteiger charge is -2.30. The molecule has 0 amide bonds. The van der Waals surface area contributed by atoms with Crippen molar-refractivity contribution < 1.29 is 0 Å². The molecule has 2 aromatic rings. The zero-order valence-corrected chi connectivity index (χ0v) is 10.2. The Labute approximate surface area is 101 Å². The highest BCUT2D eigenvalue weighted by Gasteiger charge is 2.23. The van der Waals surface area contributed by atoms with Gasteiger partial charge in [-0.2, -0.15) is 0 Å². The first-order valence-electron chi connectivity index (χ1n) is 6.40. The van der Waals surface area contributed by atoms with Gasteiger partial charge in [-0.05, 0) is 44.6 Å². The predicted molar refractivity (Wildman–Crippen MR) is 67.1 cm³/mol. The maximum absolute atomic E-state index is 4.36. The summed E-state index contributed by atoms with van der Waals surface area (Å²) in [6.45, 7) is 5.76. The maximum atomic E-state index is 4.36. The molecule has 0 unspecified atom stereocenters. The summed E-state index contributed by atoms with van der Waals surface area (Å²) in [6.07, 6.45) is 4.46. The molecule has 90 valence electrons. The molecule has 1 aliphatic rings. The molecule has 0 N–H and O–H groups in total. The van der Waals surface area contributed by atoms with Gasteiger partial charge in [-0.3, -0.25) is 4.40 Å². The minimum absolute atomic E-state index is 0.565. The van der Waals surface area contributed by atoms with Crippen LogP contribution in [0.2, 0.25) is 0 Å². The number of pyridine rings is 1. The van der Waals surface area contributed by atoms with Crippen LogP contribution in [0.3, 0.4) is 0 Å². The number of nitrogens with zero attached hydrogens (tertiary/aromatic N) is 4. The molecule has 2 aromatic heterocycles. The Kier molecular flexibility index (Phi) is 2.81. The highest BCUT2D eigenvalue weighted by molar-refractivity contribution is 5.37. The van der Waals surface area contributed by atoms with E-state index < -0.39 is 0 Å². The maximum Gasteiger partial charge on any atom is 0.160 e. The van der Waals surface area contributed by atoms with E-state index >= 15 is 0 Å². The SMILES string of the molecule is CCN1CCC(c2nnc3ccccn23)CC1. The van der Waals surface area contributed by atoms with Crippen molar-refractivity contribution in [3.8, 4) is 0 Å². The van der Waals surface area contributed by atoms with Crippen molar-refractivity contribution in [2.24, 2.45) is 0 Å². The Hall–Kier alpha value is -1.42. The first-order chi connectivity index (χ1) is 8.38. The first kappa shape index (κ1) is 10.7. The van der Waals surface area contributed by atoms with E-state index in [4.69, 9.17) is 0 Å². The molecule has 3 rings (SSSR count). The van der Waals surface area contributed by atoms with Gasteiger partial charge in [0.05, 0.1) is 0 Å². The molecule has 4 nitrogen and oxygen atoms in total. The number of fused-ring (bicyclic) bond motifs is 1. The number of likely N-dealkylation sites (tertiary alicyclic amines) is 1. The van der Waals surface area contributed by atoms with Crippen LogP contribution in [0.4, 0.5) is 0 Å². The third kappa shape index (κ3) is 1.93. The van der Waals surface area contributed by atoms with E-state index in [1.807, 2.05) is 18.2 Å². The van der Waals surface area contributed by atoms with E-state index in [0.717, 1.165) is 18.0 Å². The lowest BCUT2D eigenvalue weighted by Crippen LogP contribution is -2.33. The summed E-state index contributed by atoms with van der Waals surface area (Å²) in [6, 6.07) is 6.06. The molecule has 0 aliphatic carbocycles. The van der Waals surface area contributed by atoms with Crippen LogP contribution in [0, 0.1) is 0 Å². The molecule has 1 fully saturated rings. The van der Waals surface area contributed by atoms with Crippen molar-refractivity contribution in [2.45, 2.75) is 25.7 Å². The van der Waals surface area contributed by atoms with E-state index in [2.05, 4.69) is 32.6 Å². The summed E-state index contributed by atoms with van der Waals surface area (Å²) in [5.41, 5.74) is 0.959. The smallest absolute Gasteiger partial charge is 0.160 e. The second kappa shape index (κ2) is 4.45. The molecule has 0 bridgehead atoms. The second-order valence-electron chi connectivity index (χ2n) is 4.70. The molecule has 0 saturated carbocycles. The van der Waals surface area contributed by atoms with Crippen LogP contribution in [0.5, 0.6) is 0 Å². The van der Waals surface area contributed by atoms with Crippen molar-refractivity contribution in [3.63, 3.8) is 0 Å². The molecular weight excluding hydrogens is 212 g/mol. The Morgan fingerprint density at radius 2 is 2.06 bits per heavy atom. The van der Waals surface area contributed by atoms with Crippen molar-refractivity contribution >= 4 is 5.65 Å². The zero-order valence-electron chi connectivity index (χ0n) is 10.2. The Bertz CT molecular complexity index is 497. The zero-order chi connectivity index (χ0) is 11.7. The minimum Gasteiger partial charge on any atom is -0.304 e. The van der Waals surface area contributed by atoms with Crippen LogP contribution in [0.25, 0.3) is 5.65 Å². The van der Waals surface area contributed by atoms with E-state index in [1.165, 1.54) is 25.9 Å². The third-order valence-corrected chi connectivity index (χ3v) is 3.74. The standard InChI is InChI=1S/C13H18N4/c1-2-16-9-6-11(7-10-16)13-15-14-12-5-3-4-8-17(12)13/h3-5,8,11H,2,6-7,9-10H2,1H3. The molecule has 0 radical (unpaired) electrons. The van der Waals surface area contributed by atoms with Crippen LogP contribution >= 0.6 is 0 Å². The van der Waals surface area contributed by atoms with Crippen LogP contribution < -0.4 is 0 Å². The van der Waals surface area contributed by atoms with Gasteiger partial charge in [-0.1, -0.05) is 13.0 Å². The topological polar surface area (TPSA) is 33.4 Å². The van der Waals surface area contributed by atoms with Crippen molar-refractivity contribution in [1.29, 1.82) is 0 Å². The minimum atomic E-state index is 0.565. The van der Waals surface area contributed by atoms with Gasteiger partial charge in [0.1, 0.15) is 5.82 Å². The molecule has 17 heavy (non-hydrogen) atoms. The Morgan fingerprint density at radius 3 is 2.82 bits per heavy atom. The van der Waals surface area contributed by atoms with Crippen LogP contribution in [0.1, 0.15) is 31.5 Å². The highest BCUT2D eigenvalue weighted by Crippen LogP contribution is 2.26. The summed E-state index contributed by atoms with van der Waals surface area (Å²) >= 11 is 0. The molecule has 3 heterocycles. The average Bonchev–Trinajstić information content (AvgIpc) is 2.83. The van der Waals surface area contributed by atoms with Gasteiger partial charge in [0, 0.05) is 12.1 Å². The molecule has 0 spiro atoms. The van der Waals surface area contributed by atoms with E-state index in [0.29, 0.717) is 5.92 Å². The lowest BCUT2D eigenvalue weighted by molar-refractivity contribution is 0.218. The molecule has 0 aromatic carbocycles. The second-order valence-corrected chi connectivity index (χ2v) is 4.70. The third-order valence-electron chi connectivity index (χ3n) is 3.74. The van der Waals surface area contributed by atoms with Gasteiger partial charge < -0.3 is 4.90 Å². The van der Waals surface area contributed by atoms with Gasteiger partial charge in [-0.15, -0.1) is 10.2 Å². The normalized spacial score (nSPS) is 18.9. The van der Waals surface area contributed by atoms with Gasteiger partial charge >= 0.3 is 0 Å². The van der Waals surface area contributed by atoms with E-state index in [1.54, 1.807) is 0 Å². The van der Waals surface area contributed by atoms with Crippen molar-refractivity contribution in [2.75, 3.05) is 19.6 Å². The lowest BCUT2D eigenvalue weighted by atomic mass is 9.96. The summed E-state index contributed by atoms with van der Waals surface area (Å²) < 4.78 is 2.13. The average molecular weight is 230 g/mol. The van der Waals surface area contributed by atoms with E-state index in [9.17, 15) is 0 Å². The molecular formula is C13H18N4. The number of aromatic nitrogens is 3. The molecule has 1 aliphatic heterocycles. The molecule has 1 saturated heterocycles. The van der Waals surface area contributed by atoms with Crippen molar-refractivity contribution in [1.82, 2.24) is 19.5 Å². The Morgan fingerprint density at radius 1 is 1.24 bits per heavy atom. The molecule has 4 heteroatoms. The van der Waals surface area contributed by atoms with Gasteiger partial charge in [0.15, 0.2) is 5.65 Å². The van der Waals surface area contributed by atoms with Crippen molar-refractivity contribution in [3.05, 3.63) is 30.2 Å². The number of piperidine rings is 1. The quantitative estimate of drug-likeness (QED) is 0.790.